The first kappa shape index (κ1) is 21.9. The summed E-state index contributed by atoms with van der Waals surface area (Å²) in [7, 11) is 2.18. The van der Waals surface area contributed by atoms with Crippen molar-refractivity contribution in [1.82, 2.24) is 4.90 Å². The second kappa shape index (κ2) is 8.68. The molecule has 2 fully saturated rings. The maximum Gasteiger partial charge on any atom is 0.0672 e. The molecule has 2 nitrogen and oxygen atoms in total. The third-order valence-electron chi connectivity index (χ3n) is 5.60. The lowest BCUT2D eigenvalue weighted by Crippen LogP contribution is -2.46. The first-order valence-electron chi connectivity index (χ1n) is 9.20. The van der Waals surface area contributed by atoms with E-state index in [2.05, 4.69) is 74.3 Å². The van der Waals surface area contributed by atoms with Gasteiger partial charge >= 0.3 is 0 Å². The Morgan fingerprint density at radius 3 is 1.36 bits per heavy atom. The fraction of sp³-hybridized carbons (Fsp3) is 1.00. The summed E-state index contributed by atoms with van der Waals surface area (Å²) in [4.78, 5) is 2.37. The Balaban J connectivity index is 0.000000302. The lowest BCUT2D eigenvalue weighted by Gasteiger charge is -2.38. The molecule has 1 N–H and O–H groups in total. The second-order valence-corrected chi connectivity index (χ2v) is 9.50. The fourth-order valence-electron chi connectivity index (χ4n) is 1.87. The number of likely N-dealkylation sites (tertiary alicyclic amines) is 1. The molecule has 0 aromatic rings. The van der Waals surface area contributed by atoms with Crippen molar-refractivity contribution >= 4 is 0 Å². The van der Waals surface area contributed by atoms with Gasteiger partial charge in [-0.05, 0) is 49.0 Å². The van der Waals surface area contributed by atoms with Crippen LogP contribution in [0, 0.1) is 29.1 Å². The summed E-state index contributed by atoms with van der Waals surface area (Å²) in [5.41, 5.74) is 0.250. The molecule has 0 atom stereocenters. The van der Waals surface area contributed by atoms with Crippen LogP contribution < -0.4 is 0 Å². The standard InChI is InChI=1S/C7H15N.C7H16.C6H12O/c1-6(2)7-4-8(3)5-7;1-6(2)7(3,4)5;1-5(2)6(7)3-4-6/h6-7H,4-5H2,1-3H3;6H,1-5H3;5,7H,3-4H2,1-2H3. The Kier molecular flexibility index (Phi) is 8.65. The zero-order chi connectivity index (χ0) is 17.7. The number of nitrogens with zero attached hydrogens (tertiary/aromatic N) is 1. The Morgan fingerprint density at radius 2 is 1.32 bits per heavy atom. The highest BCUT2D eigenvalue weighted by Gasteiger charge is 2.42. The summed E-state index contributed by atoms with van der Waals surface area (Å²) >= 11 is 0. The molecule has 2 heteroatoms. The minimum Gasteiger partial charge on any atom is -0.390 e. The van der Waals surface area contributed by atoms with Crippen LogP contribution in [-0.4, -0.2) is 35.7 Å². The van der Waals surface area contributed by atoms with E-state index in [4.69, 9.17) is 0 Å². The second-order valence-electron chi connectivity index (χ2n) is 9.50. The van der Waals surface area contributed by atoms with Crippen molar-refractivity contribution in [3.63, 3.8) is 0 Å². The zero-order valence-electron chi connectivity index (χ0n) is 17.0. The van der Waals surface area contributed by atoms with Gasteiger partial charge in [0.2, 0.25) is 0 Å². The van der Waals surface area contributed by atoms with Gasteiger partial charge in [-0.15, -0.1) is 0 Å². The largest absolute Gasteiger partial charge is 0.390 e. The molecule has 22 heavy (non-hydrogen) atoms. The molecule has 0 spiro atoms. The van der Waals surface area contributed by atoms with Gasteiger partial charge in [-0.1, -0.05) is 62.3 Å². The molecule has 134 valence electrons. The van der Waals surface area contributed by atoms with Gasteiger partial charge in [0.05, 0.1) is 5.60 Å². The minimum atomic E-state index is -0.250. The third kappa shape index (κ3) is 8.53. The number of rotatable bonds is 2. The Labute approximate surface area is 140 Å². The van der Waals surface area contributed by atoms with Gasteiger partial charge in [-0.3, -0.25) is 0 Å². The molecule has 0 aromatic heterocycles. The lowest BCUT2D eigenvalue weighted by atomic mass is 9.84. The molecule has 0 aromatic carbocycles. The normalized spacial score (nSPS) is 21.0. The third-order valence-corrected chi connectivity index (χ3v) is 5.60. The Hall–Kier alpha value is -0.0800. The lowest BCUT2D eigenvalue weighted by molar-refractivity contribution is 0.0967. The van der Waals surface area contributed by atoms with Gasteiger partial charge < -0.3 is 10.0 Å². The molecular weight excluding hydrogens is 270 g/mol. The van der Waals surface area contributed by atoms with Gasteiger partial charge in [0.15, 0.2) is 0 Å². The van der Waals surface area contributed by atoms with Crippen molar-refractivity contribution in [2.24, 2.45) is 29.1 Å². The van der Waals surface area contributed by atoms with Gasteiger partial charge in [0.25, 0.3) is 0 Å². The highest BCUT2D eigenvalue weighted by atomic mass is 16.3. The summed E-state index contributed by atoms with van der Waals surface area (Å²) < 4.78 is 0. The van der Waals surface area contributed by atoms with Crippen molar-refractivity contribution in [1.29, 1.82) is 0 Å². The number of hydrogen-bond acceptors (Lipinski definition) is 2. The van der Waals surface area contributed by atoms with Gasteiger partial charge in [0, 0.05) is 13.1 Å². The van der Waals surface area contributed by atoms with E-state index < -0.39 is 0 Å². The van der Waals surface area contributed by atoms with E-state index in [1.165, 1.54) is 13.1 Å². The van der Waals surface area contributed by atoms with Gasteiger partial charge in [0.1, 0.15) is 0 Å². The van der Waals surface area contributed by atoms with E-state index in [1.807, 2.05) is 0 Å². The molecule has 0 radical (unpaired) electrons. The molecule has 1 heterocycles. The van der Waals surface area contributed by atoms with Gasteiger partial charge in [-0.2, -0.15) is 0 Å². The van der Waals surface area contributed by atoms with Crippen LogP contribution in [0.5, 0.6) is 0 Å². The van der Waals surface area contributed by atoms with Crippen molar-refractivity contribution < 1.29 is 5.11 Å². The predicted octanol–water partition coefficient (Wildman–Crippen LogP) is 5.06. The molecule has 1 aliphatic carbocycles. The van der Waals surface area contributed by atoms with Crippen LogP contribution in [0.4, 0.5) is 0 Å². The molecule has 1 saturated carbocycles. The highest BCUT2D eigenvalue weighted by Crippen LogP contribution is 2.41. The van der Waals surface area contributed by atoms with E-state index in [9.17, 15) is 5.11 Å². The molecule has 2 rings (SSSR count). The summed E-state index contributed by atoms with van der Waals surface area (Å²) in [6.45, 7) is 22.7. The average molecular weight is 314 g/mol. The van der Waals surface area contributed by atoms with E-state index in [-0.39, 0.29) is 5.60 Å². The highest BCUT2D eigenvalue weighted by molar-refractivity contribution is 4.95. The Bertz CT molecular complexity index is 282. The van der Waals surface area contributed by atoms with Gasteiger partial charge in [-0.25, -0.2) is 0 Å². The summed E-state index contributed by atoms with van der Waals surface area (Å²) in [6, 6.07) is 0. The molecule has 1 saturated heterocycles. The molecule has 0 unspecified atom stereocenters. The first-order chi connectivity index (χ1) is 9.79. The van der Waals surface area contributed by atoms with Crippen LogP contribution in [0.15, 0.2) is 0 Å². The van der Waals surface area contributed by atoms with E-state index in [1.54, 1.807) is 0 Å². The van der Waals surface area contributed by atoms with Crippen LogP contribution in [0.25, 0.3) is 0 Å². The summed E-state index contributed by atoms with van der Waals surface area (Å²) in [5.74, 6) is 3.14. The monoisotopic (exact) mass is 313 g/mol. The van der Waals surface area contributed by atoms with Crippen LogP contribution in [0.1, 0.15) is 75.2 Å². The number of hydrogen-bond donors (Lipinski definition) is 1. The molecule has 0 amide bonds. The van der Waals surface area contributed by atoms with E-state index in [0.717, 1.165) is 30.6 Å². The molecule has 0 bridgehead atoms. The minimum absolute atomic E-state index is 0.250. The molecule has 1 aliphatic heterocycles. The van der Waals surface area contributed by atoms with E-state index >= 15 is 0 Å². The van der Waals surface area contributed by atoms with Crippen molar-refractivity contribution in [2.75, 3.05) is 20.1 Å². The van der Waals surface area contributed by atoms with Crippen LogP contribution in [0.3, 0.4) is 0 Å². The molecule has 2 aliphatic rings. The average Bonchev–Trinajstić information content (AvgIpc) is 3.05. The fourth-order valence-corrected chi connectivity index (χ4v) is 1.87. The summed E-state index contributed by atoms with van der Waals surface area (Å²) in [6.07, 6.45) is 2.04. The number of aliphatic hydroxyl groups is 1. The predicted molar refractivity (Wildman–Crippen MR) is 99.1 cm³/mol. The van der Waals surface area contributed by atoms with Crippen molar-refractivity contribution in [3.8, 4) is 0 Å². The first-order valence-corrected chi connectivity index (χ1v) is 9.20. The maximum atomic E-state index is 9.21. The quantitative estimate of drug-likeness (QED) is 0.770. The maximum absolute atomic E-state index is 9.21. The molecular formula is C20H43NO. The van der Waals surface area contributed by atoms with Crippen LogP contribution >= 0.6 is 0 Å². The summed E-state index contributed by atoms with van der Waals surface area (Å²) in [5, 5.41) is 9.21. The smallest absolute Gasteiger partial charge is 0.0672 e. The SMILES string of the molecule is CC(C)C(C)(C)C.CC(C)C1(O)CC1.CC(C)C1CN(C)C1. The Morgan fingerprint density at radius 1 is 0.955 bits per heavy atom. The van der Waals surface area contributed by atoms with Crippen molar-refractivity contribution in [3.05, 3.63) is 0 Å². The zero-order valence-corrected chi connectivity index (χ0v) is 17.0. The van der Waals surface area contributed by atoms with Crippen LogP contribution in [-0.2, 0) is 0 Å². The van der Waals surface area contributed by atoms with Crippen LogP contribution in [0.2, 0.25) is 0 Å². The van der Waals surface area contributed by atoms with E-state index in [0.29, 0.717) is 11.3 Å². The van der Waals surface area contributed by atoms with Crippen molar-refractivity contribution in [2.45, 2.75) is 80.8 Å². The topological polar surface area (TPSA) is 23.5 Å².